The summed E-state index contributed by atoms with van der Waals surface area (Å²) in [5.74, 6) is 0.948. The molecule has 3 aliphatic rings. The van der Waals surface area contributed by atoms with Gasteiger partial charge in [0.05, 0.1) is 12.6 Å². The molecule has 10 heteroatoms. The Morgan fingerprint density at radius 1 is 1.23 bits per heavy atom. The zero-order valence-electron chi connectivity index (χ0n) is 18.6. The van der Waals surface area contributed by atoms with E-state index >= 15 is 0 Å². The summed E-state index contributed by atoms with van der Waals surface area (Å²) in [5, 5.41) is 0.285. The summed E-state index contributed by atoms with van der Waals surface area (Å²) >= 11 is 5.97. The zero-order chi connectivity index (χ0) is 22.9. The summed E-state index contributed by atoms with van der Waals surface area (Å²) in [6.45, 7) is 8.78. The van der Waals surface area contributed by atoms with Gasteiger partial charge in [-0.05, 0) is 50.0 Å². The predicted molar refractivity (Wildman–Crippen MR) is 124 cm³/mol. The van der Waals surface area contributed by atoms with Crippen LogP contribution in [0.4, 0.5) is 0 Å². The fraction of sp³-hybridized carbons (Fsp3) is 0.714. The van der Waals surface area contributed by atoms with Crippen LogP contribution in [0.2, 0.25) is 0 Å². The molecule has 3 fully saturated rings. The molecule has 3 atom stereocenters. The van der Waals surface area contributed by atoms with Gasteiger partial charge in [0.2, 0.25) is 10.0 Å². The first-order valence-corrected chi connectivity index (χ1v) is 13.0. The van der Waals surface area contributed by atoms with Crippen molar-refractivity contribution in [3.63, 3.8) is 0 Å². The maximum absolute atomic E-state index is 12.9. The molecule has 2 heterocycles. The summed E-state index contributed by atoms with van der Waals surface area (Å²) < 4.78 is 25.3. The van der Waals surface area contributed by atoms with Crippen LogP contribution in [0.15, 0.2) is 27.9 Å². The number of nitrogens with two attached hydrogens (primary N) is 1. The van der Waals surface area contributed by atoms with Crippen LogP contribution in [0, 0.1) is 11.8 Å². The normalized spacial score (nSPS) is 28.9. The molecule has 0 aromatic heterocycles. The molecule has 0 aromatic carbocycles. The number of rotatable bonds is 6. The van der Waals surface area contributed by atoms with E-state index in [-0.39, 0.29) is 22.7 Å². The monoisotopic (exact) mass is 471 g/mol. The number of piperidine rings is 1. The van der Waals surface area contributed by atoms with Gasteiger partial charge in [-0.25, -0.2) is 17.7 Å². The Labute approximate surface area is 190 Å². The minimum Gasteiger partial charge on any atom is -0.390 e. The summed E-state index contributed by atoms with van der Waals surface area (Å²) in [4.78, 5) is 21.3. The molecular weight excluding hydrogens is 438 g/mol. The predicted octanol–water partition coefficient (Wildman–Crippen LogP) is 1.59. The van der Waals surface area contributed by atoms with Gasteiger partial charge in [0, 0.05) is 50.3 Å². The van der Waals surface area contributed by atoms with E-state index in [4.69, 9.17) is 17.3 Å². The van der Waals surface area contributed by atoms with Gasteiger partial charge in [-0.2, -0.15) is 0 Å². The van der Waals surface area contributed by atoms with Crippen molar-refractivity contribution in [2.75, 3.05) is 39.5 Å². The number of carbonyl (C=O) groups is 1. The summed E-state index contributed by atoms with van der Waals surface area (Å²) in [6.07, 6.45) is 6.10. The zero-order valence-corrected chi connectivity index (χ0v) is 20.2. The topological polar surface area (TPSA) is 99.3 Å². The molecule has 0 spiro atoms. The number of fused-ring (bicyclic) bond motifs is 1. The number of amides is 1. The first-order chi connectivity index (χ1) is 14.5. The van der Waals surface area contributed by atoms with Crippen LogP contribution in [-0.4, -0.2) is 86.3 Å². The smallest absolute Gasteiger partial charge is 0.272 e. The summed E-state index contributed by atoms with van der Waals surface area (Å²) in [5.41, 5.74) is 6.21. The lowest BCUT2D eigenvalue weighted by molar-refractivity contribution is -0.128. The van der Waals surface area contributed by atoms with E-state index in [2.05, 4.69) is 16.5 Å². The first kappa shape index (κ1) is 24.2. The average molecular weight is 472 g/mol. The Hall–Kier alpha value is -1.42. The summed E-state index contributed by atoms with van der Waals surface area (Å²) in [6, 6.07) is 0.579. The molecule has 0 radical (unpaired) electrons. The van der Waals surface area contributed by atoms with Crippen LogP contribution in [0.1, 0.15) is 32.6 Å². The van der Waals surface area contributed by atoms with Crippen LogP contribution >= 0.6 is 11.6 Å². The van der Waals surface area contributed by atoms with Gasteiger partial charge in [-0.3, -0.25) is 9.69 Å². The Morgan fingerprint density at radius 2 is 1.77 bits per heavy atom. The van der Waals surface area contributed by atoms with Crippen molar-refractivity contribution in [1.29, 1.82) is 0 Å². The molecule has 0 bridgehead atoms. The maximum atomic E-state index is 12.9. The average Bonchev–Trinajstić information content (AvgIpc) is 3.29. The van der Waals surface area contributed by atoms with Crippen molar-refractivity contribution >= 4 is 33.9 Å². The van der Waals surface area contributed by atoms with E-state index in [9.17, 15) is 13.2 Å². The summed E-state index contributed by atoms with van der Waals surface area (Å²) in [7, 11) is -1.44. The van der Waals surface area contributed by atoms with E-state index in [0.29, 0.717) is 36.5 Å². The van der Waals surface area contributed by atoms with Crippen LogP contribution in [0.25, 0.3) is 0 Å². The van der Waals surface area contributed by atoms with Crippen LogP contribution < -0.4 is 5.73 Å². The molecule has 2 saturated heterocycles. The van der Waals surface area contributed by atoms with E-state index in [1.54, 1.807) is 18.3 Å². The number of hydrogen-bond donors (Lipinski definition) is 1. The number of sulfonamides is 1. The Kier molecular flexibility index (Phi) is 7.50. The highest BCUT2D eigenvalue weighted by Crippen LogP contribution is 2.42. The van der Waals surface area contributed by atoms with Crippen molar-refractivity contribution in [2.45, 2.75) is 44.7 Å². The fourth-order valence-electron chi connectivity index (χ4n) is 5.27. The molecule has 0 aromatic rings. The Morgan fingerprint density at radius 3 is 2.23 bits per heavy atom. The minimum absolute atomic E-state index is 0.125. The third kappa shape index (κ3) is 5.32. The number of aliphatic imine (C=N–C) groups is 1. The molecule has 1 amide bonds. The fourth-order valence-corrected chi connectivity index (χ4v) is 6.07. The number of likely N-dealkylation sites (tertiary alicyclic amines) is 2. The standard InChI is InChI=1S/C21H34ClN5O3S/c1-14(15(2)22)20(24-13-23)21(28)26-7-5-18(6-8-26)27-11-16-9-19(10-17(16)12-27)25(3)31(4,29)30/h13,16-19H,2,5-12H2,1,3-4H3,(H2,23,24)/b20-14-/t16-,17+,19-. The lowest BCUT2D eigenvalue weighted by atomic mass is 10.0. The highest BCUT2D eigenvalue weighted by Gasteiger charge is 2.45. The van der Waals surface area contributed by atoms with Crippen molar-refractivity contribution in [3.05, 3.63) is 22.9 Å². The second-order valence-corrected chi connectivity index (χ2v) is 11.6. The van der Waals surface area contributed by atoms with Gasteiger partial charge in [0.15, 0.2) is 0 Å². The lowest BCUT2D eigenvalue weighted by Crippen LogP contribution is -2.47. The number of halogens is 1. The quantitative estimate of drug-likeness (QED) is 0.274. The highest BCUT2D eigenvalue weighted by molar-refractivity contribution is 7.88. The van der Waals surface area contributed by atoms with Crippen molar-refractivity contribution < 1.29 is 13.2 Å². The van der Waals surface area contributed by atoms with Crippen LogP contribution in [0.5, 0.6) is 0 Å². The highest BCUT2D eigenvalue weighted by atomic mass is 35.5. The van der Waals surface area contributed by atoms with Gasteiger partial charge in [-0.1, -0.05) is 18.2 Å². The Bertz CT molecular complexity index is 865. The van der Waals surface area contributed by atoms with Gasteiger partial charge in [0.1, 0.15) is 5.70 Å². The number of allylic oxidation sites excluding steroid dienone is 2. The second-order valence-electron chi connectivity index (χ2n) is 9.06. The number of nitrogens with zero attached hydrogens (tertiary/aromatic N) is 4. The molecular formula is C21H34ClN5O3S. The van der Waals surface area contributed by atoms with Crippen molar-refractivity contribution in [3.8, 4) is 0 Å². The molecule has 8 nitrogen and oxygen atoms in total. The third-order valence-corrected chi connectivity index (χ3v) is 8.86. The molecule has 3 rings (SSSR count). The van der Waals surface area contributed by atoms with Crippen molar-refractivity contribution in [1.82, 2.24) is 14.1 Å². The SMILES string of the molecule is C=C(Cl)/C(C)=C(\N=C/N)C(=O)N1CCC(N2C[C@H]3C[C@@H](N(C)S(C)(=O)=O)C[C@H]3C2)CC1. The van der Waals surface area contributed by atoms with Gasteiger partial charge in [-0.15, -0.1) is 0 Å². The van der Waals surface area contributed by atoms with Crippen LogP contribution in [0.3, 0.4) is 0 Å². The molecule has 1 aliphatic carbocycles. The third-order valence-electron chi connectivity index (χ3n) is 7.23. The second kappa shape index (κ2) is 9.60. The molecule has 31 heavy (non-hydrogen) atoms. The molecule has 1 saturated carbocycles. The van der Waals surface area contributed by atoms with E-state index < -0.39 is 10.0 Å². The van der Waals surface area contributed by atoms with Crippen molar-refractivity contribution in [2.24, 2.45) is 22.6 Å². The maximum Gasteiger partial charge on any atom is 0.272 e. The van der Waals surface area contributed by atoms with E-state index in [1.807, 2.05) is 4.90 Å². The molecule has 2 aliphatic heterocycles. The van der Waals surface area contributed by atoms with E-state index in [1.165, 1.54) is 6.26 Å². The minimum atomic E-state index is -3.14. The largest absolute Gasteiger partial charge is 0.390 e. The van der Waals surface area contributed by atoms with Crippen LogP contribution in [-0.2, 0) is 14.8 Å². The van der Waals surface area contributed by atoms with Gasteiger partial charge >= 0.3 is 0 Å². The molecule has 2 N–H and O–H groups in total. The van der Waals surface area contributed by atoms with E-state index in [0.717, 1.165) is 45.1 Å². The Balaban J connectivity index is 1.54. The molecule has 0 unspecified atom stereocenters. The van der Waals surface area contributed by atoms with Gasteiger partial charge < -0.3 is 10.6 Å². The lowest BCUT2D eigenvalue weighted by Gasteiger charge is -2.37. The number of carbonyl (C=O) groups excluding carboxylic acids is 1. The first-order valence-electron chi connectivity index (χ1n) is 10.8. The molecule has 174 valence electrons. The van der Waals surface area contributed by atoms with Gasteiger partial charge in [0.25, 0.3) is 5.91 Å². The number of hydrogen-bond acceptors (Lipinski definition) is 5.